The van der Waals surface area contributed by atoms with Gasteiger partial charge in [0.25, 0.3) is 0 Å². The first kappa shape index (κ1) is 18.2. The molecule has 2 aliphatic carbocycles. The van der Waals surface area contributed by atoms with Gasteiger partial charge in [-0.3, -0.25) is 19.3 Å². The molecule has 3 fully saturated rings. The minimum absolute atomic E-state index is 0.122. The molecular weight excluding hydrogens is 370 g/mol. The molecule has 2 saturated heterocycles. The highest BCUT2D eigenvalue weighted by Gasteiger charge is 2.59. The van der Waals surface area contributed by atoms with Gasteiger partial charge in [-0.15, -0.1) is 0 Å². The predicted octanol–water partition coefficient (Wildman–Crippen LogP) is 1.15. The fraction of sp³-hybridized carbons (Fsp3) is 0.500. The average Bonchev–Trinajstić information content (AvgIpc) is 3.44. The van der Waals surface area contributed by atoms with Crippen LogP contribution in [0.5, 0.6) is 5.75 Å². The fourth-order valence-electron chi connectivity index (χ4n) is 5.38. The second-order valence-corrected chi connectivity index (χ2v) is 8.33. The number of nitrogens with zero attached hydrogens (tertiary/aromatic N) is 3. The Labute approximate surface area is 169 Å². The van der Waals surface area contributed by atoms with Gasteiger partial charge in [-0.2, -0.15) is 0 Å². The van der Waals surface area contributed by atoms with E-state index < -0.39 is 0 Å². The van der Waals surface area contributed by atoms with Crippen LogP contribution in [0.3, 0.4) is 0 Å². The van der Waals surface area contributed by atoms with E-state index in [0.29, 0.717) is 26.2 Å². The van der Waals surface area contributed by atoms with Crippen LogP contribution in [0.2, 0.25) is 0 Å². The number of fused-ring (bicyclic) bond motifs is 5. The van der Waals surface area contributed by atoms with E-state index in [1.807, 2.05) is 24.3 Å². The average molecular weight is 395 g/mol. The molecule has 2 heterocycles. The molecule has 1 aromatic rings. The zero-order valence-corrected chi connectivity index (χ0v) is 16.5. The zero-order chi connectivity index (χ0) is 20.1. The van der Waals surface area contributed by atoms with Crippen molar-refractivity contribution in [2.24, 2.45) is 23.7 Å². The number of hydrogen-bond acceptors (Lipinski definition) is 5. The summed E-state index contributed by atoms with van der Waals surface area (Å²) < 4.78 is 5.29. The molecule has 3 amide bonds. The molecule has 1 saturated carbocycles. The fourth-order valence-corrected chi connectivity index (χ4v) is 5.38. The van der Waals surface area contributed by atoms with E-state index in [4.69, 9.17) is 4.74 Å². The van der Waals surface area contributed by atoms with Crippen molar-refractivity contribution in [2.75, 3.05) is 44.7 Å². The van der Waals surface area contributed by atoms with Crippen LogP contribution in [0.25, 0.3) is 0 Å². The van der Waals surface area contributed by atoms with Gasteiger partial charge in [0.1, 0.15) is 12.3 Å². The minimum atomic E-state index is -0.241. The summed E-state index contributed by atoms with van der Waals surface area (Å²) in [6, 6.07) is 7.88. The van der Waals surface area contributed by atoms with Gasteiger partial charge in [0.2, 0.25) is 17.7 Å². The Morgan fingerprint density at radius 3 is 2.31 bits per heavy atom. The number of piperazine rings is 1. The monoisotopic (exact) mass is 395 g/mol. The maximum Gasteiger partial charge on any atom is 0.242 e. The van der Waals surface area contributed by atoms with E-state index in [2.05, 4.69) is 17.1 Å². The number of hydrogen-bond donors (Lipinski definition) is 0. The number of likely N-dealkylation sites (tertiary alicyclic amines) is 1. The number of ether oxygens (including phenoxy) is 1. The second kappa shape index (κ2) is 6.90. The summed E-state index contributed by atoms with van der Waals surface area (Å²) in [6.45, 7) is 2.45. The van der Waals surface area contributed by atoms with Gasteiger partial charge in [0, 0.05) is 37.9 Å². The Morgan fingerprint density at radius 2 is 1.69 bits per heavy atom. The Balaban J connectivity index is 1.20. The lowest BCUT2D eigenvalue weighted by atomic mass is 9.85. The molecule has 7 nitrogen and oxygen atoms in total. The van der Waals surface area contributed by atoms with Crippen LogP contribution < -0.4 is 9.64 Å². The third kappa shape index (κ3) is 2.91. The number of carbonyl (C=O) groups is 3. The van der Waals surface area contributed by atoms with Gasteiger partial charge in [-0.05, 0) is 30.4 Å². The maximum atomic E-state index is 12.8. The van der Waals surface area contributed by atoms with Gasteiger partial charge < -0.3 is 14.5 Å². The smallest absolute Gasteiger partial charge is 0.242 e. The van der Waals surface area contributed by atoms with Gasteiger partial charge in [0.05, 0.1) is 18.9 Å². The Morgan fingerprint density at radius 1 is 1.03 bits per heavy atom. The van der Waals surface area contributed by atoms with E-state index in [1.165, 1.54) is 4.90 Å². The van der Waals surface area contributed by atoms with Crippen molar-refractivity contribution in [3.63, 3.8) is 0 Å². The number of methoxy groups -OCH3 is 1. The molecule has 152 valence electrons. The Hall–Kier alpha value is -2.83. The number of imide groups is 1. The Bertz CT molecular complexity index is 860. The van der Waals surface area contributed by atoms with Crippen molar-refractivity contribution in [1.82, 2.24) is 9.80 Å². The molecule has 0 aromatic heterocycles. The Kier molecular flexibility index (Phi) is 4.33. The lowest BCUT2D eigenvalue weighted by molar-refractivity contribution is -0.147. The predicted molar refractivity (Wildman–Crippen MR) is 106 cm³/mol. The molecule has 4 atom stereocenters. The lowest BCUT2D eigenvalue weighted by Gasteiger charge is -2.36. The van der Waals surface area contributed by atoms with E-state index in [9.17, 15) is 14.4 Å². The van der Waals surface area contributed by atoms with Crippen LogP contribution in [-0.4, -0.2) is 67.4 Å². The first-order valence-electron chi connectivity index (χ1n) is 10.3. The molecule has 0 spiro atoms. The number of amides is 3. The summed E-state index contributed by atoms with van der Waals surface area (Å²) in [5.41, 5.74) is 1.07. The molecule has 29 heavy (non-hydrogen) atoms. The van der Waals surface area contributed by atoms with Crippen LogP contribution in [-0.2, 0) is 14.4 Å². The van der Waals surface area contributed by atoms with E-state index in [0.717, 1.165) is 17.9 Å². The minimum Gasteiger partial charge on any atom is -0.497 e. The van der Waals surface area contributed by atoms with Crippen molar-refractivity contribution in [3.8, 4) is 5.75 Å². The lowest BCUT2D eigenvalue weighted by Crippen LogP contribution is -2.52. The molecule has 1 aromatic carbocycles. The van der Waals surface area contributed by atoms with E-state index >= 15 is 0 Å². The molecule has 2 bridgehead atoms. The van der Waals surface area contributed by atoms with Crippen molar-refractivity contribution in [1.29, 1.82) is 0 Å². The largest absolute Gasteiger partial charge is 0.497 e. The normalized spacial score (nSPS) is 30.3. The van der Waals surface area contributed by atoms with Crippen molar-refractivity contribution >= 4 is 23.4 Å². The van der Waals surface area contributed by atoms with Crippen LogP contribution in [0, 0.1) is 23.7 Å². The third-order valence-electron chi connectivity index (χ3n) is 6.91. The molecule has 7 heteroatoms. The number of anilines is 1. The number of allylic oxidation sites excluding steroid dienone is 2. The topological polar surface area (TPSA) is 70.2 Å². The second-order valence-electron chi connectivity index (χ2n) is 8.33. The molecule has 4 aliphatic rings. The summed E-state index contributed by atoms with van der Waals surface area (Å²) in [5.74, 6) is 0.227. The number of rotatable bonds is 4. The van der Waals surface area contributed by atoms with E-state index in [-0.39, 0.29) is 47.9 Å². The summed E-state index contributed by atoms with van der Waals surface area (Å²) in [7, 11) is 1.65. The number of benzene rings is 1. The standard InChI is InChI=1S/C22H25N3O4/c1-29-17-4-2-3-16(12-17)23-7-9-24(10-8-23)18(26)13-25-21(27)19-14-5-6-15(11-14)20(19)22(25)28/h2-6,12,14-15,19-20H,7-11,13H2,1H3/t14-,15-,19+,20+/m0/s1. The van der Waals surface area contributed by atoms with Gasteiger partial charge in [0.15, 0.2) is 0 Å². The quantitative estimate of drug-likeness (QED) is 0.565. The van der Waals surface area contributed by atoms with Crippen LogP contribution in [0.4, 0.5) is 5.69 Å². The summed E-state index contributed by atoms with van der Waals surface area (Å²) in [4.78, 5) is 43.6. The van der Waals surface area contributed by atoms with Crippen molar-refractivity contribution in [2.45, 2.75) is 6.42 Å². The molecule has 0 unspecified atom stereocenters. The van der Waals surface area contributed by atoms with Gasteiger partial charge in [-0.25, -0.2) is 0 Å². The van der Waals surface area contributed by atoms with E-state index in [1.54, 1.807) is 12.0 Å². The highest BCUT2D eigenvalue weighted by molar-refractivity contribution is 6.08. The molecule has 0 radical (unpaired) electrons. The van der Waals surface area contributed by atoms with Crippen LogP contribution in [0.1, 0.15) is 6.42 Å². The zero-order valence-electron chi connectivity index (χ0n) is 16.5. The van der Waals surface area contributed by atoms with Gasteiger partial charge >= 0.3 is 0 Å². The first-order valence-corrected chi connectivity index (χ1v) is 10.3. The third-order valence-corrected chi connectivity index (χ3v) is 6.91. The van der Waals surface area contributed by atoms with Crippen molar-refractivity contribution in [3.05, 3.63) is 36.4 Å². The maximum absolute atomic E-state index is 12.8. The van der Waals surface area contributed by atoms with Gasteiger partial charge in [-0.1, -0.05) is 18.2 Å². The summed E-state index contributed by atoms with van der Waals surface area (Å²) >= 11 is 0. The first-order chi connectivity index (χ1) is 14.1. The SMILES string of the molecule is COc1cccc(N2CCN(C(=O)CN3C(=O)[C@H]4[C@H](C3=O)[C@H]3C=C[C@H]4C3)CC2)c1. The molecule has 0 N–H and O–H groups in total. The molecule has 5 rings (SSSR count). The summed E-state index contributed by atoms with van der Waals surface area (Å²) in [6.07, 6.45) is 5.04. The molecular formula is C22H25N3O4. The van der Waals surface area contributed by atoms with Crippen LogP contribution in [0.15, 0.2) is 36.4 Å². The van der Waals surface area contributed by atoms with Crippen LogP contribution >= 0.6 is 0 Å². The highest BCUT2D eigenvalue weighted by Crippen LogP contribution is 2.52. The molecule has 2 aliphatic heterocycles. The highest BCUT2D eigenvalue weighted by atomic mass is 16.5. The number of carbonyl (C=O) groups excluding carboxylic acids is 3. The van der Waals surface area contributed by atoms with Crippen molar-refractivity contribution < 1.29 is 19.1 Å². The summed E-state index contributed by atoms with van der Waals surface area (Å²) in [5, 5.41) is 0.